The van der Waals surface area contributed by atoms with Crippen molar-refractivity contribution in [2.75, 3.05) is 0 Å². The van der Waals surface area contributed by atoms with Crippen molar-refractivity contribution < 1.29 is 13.5 Å². The number of thiophene rings is 1. The van der Waals surface area contributed by atoms with E-state index in [1.807, 2.05) is 6.92 Å². The number of hydrogen-bond acceptors (Lipinski definition) is 4. The number of aryl methyl sites for hydroxylation is 1. The van der Waals surface area contributed by atoms with Crippen molar-refractivity contribution in [1.82, 2.24) is 4.72 Å². The van der Waals surface area contributed by atoms with Crippen molar-refractivity contribution >= 4 is 21.4 Å². The number of phenolic OH excluding ortho intramolecular Hbond substituents is 1. The van der Waals surface area contributed by atoms with Gasteiger partial charge in [-0.05, 0) is 36.8 Å². The van der Waals surface area contributed by atoms with E-state index in [9.17, 15) is 13.5 Å². The summed E-state index contributed by atoms with van der Waals surface area (Å²) in [5, 5.41) is 9.29. The Kier molecular flexibility index (Phi) is 3.70. The fourth-order valence-electron chi connectivity index (χ4n) is 1.47. The number of benzene rings is 1. The van der Waals surface area contributed by atoms with Crippen LogP contribution >= 0.6 is 11.3 Å². The average molecular weight is 283 g/mol. The molecule has 0 fully saturated rings. The van der Waals surface area contributed by atoms with Crippen LogP contribution in [0.1, 0.15) is 10.4 Å². The van der Waals surface area contributed by atoms with E-state index in [0.29, 0.717) is 9.77 Å². The molecule has 96 valence electrons. The van der Waals surface area contributed by atoms with Gasteiger partial charge in [0.05, 0.1) is 0 Å². The molecule has 0 bridgehead atoms. The molecule has 18 heavy (non-hydrogen) atoms. The molecule has 2 N–H and O–H groups in total. The molecule has 6 heteroatoms. The van der Waals surface area contributed by atoms with Crippen LogP contribution in [-0.4, -0.2) is 13.5 Å². The smallest absolute Gasteiger partial charge is 0.250 e. The van der Waals surface area contributed by atoms with Gasteiger partial charge in [0.1, 0.15) is 9.96 Å². The van der Waals surface area contributed by atoms with Gasteiger partial charge in [-0.15, -0.1) is 11.3 Å². The van der Waals surface area contributed by atoms with E-state index in [1.165, 1.54) is 17.4 Å². The van der Waals surface area contributed by atoms with Crippen LogP contribution in [0, 0.1) is 6.92 Å². The lowest BCUT2D eigenvalue weighted by Crippen LogP contribution is -2.22. The number of hydrogen-bond donors (Lipinski definition) is 2. The van der Waals surface area contributed by atoms with Gasteiger partial charge in [0, 0.05) is 11.4 Å². The Hall–Kier alpha value is -1.37. The number of phenols is 1. The largest absolute Gasteiger partial charge is 0.508 e. The van der Waals surface area contributed by atoms with E-state index < -0.39 is 10.0 Å². The average Bonchev–Trinajstić information content (AvgIpc) is 2.74. The van der Waals surface area contributed by atoms with Crippen molar-refractivity contribution in [3.8, 4) is 5.75 Å². The highest BCUT2D eigenvalue weighted by atomic mass is 32.2. The van der Waals surface area contributed by atoms with Crippen LogP contribution in [0.4, 0.5) is 0 Å². The van der Waals surface area contributed by atoms with Gasteiger partial charge in [0.25, 0.3) is 0 Å². The molecule has 0 aliphatic heterocycles. The van der Waals surface area contributed by atoms with Crippen molar-refractivity contribution in [2.24, 2.45) is 0 Å². The van der Waals surface area contributed by atoms with Crippen molar-refractivity contribution in [3.63, 3.8) is 0 Å². The maximum atomic E-state index is 11.9. The second kappa shape index (κ2) is 5.09. The summed E-state index contributed by atoms with van der Waals surface area (Å²) in [6.07, 6.45) is 0. The van der Waals surface area contributed by atoms with Gasteiger partial charge in [-0.2, -0.15) is 0 Å². The van der Waals surface area contributed by atoms with E-state index in [1.54, 1.807) is 30.3 Å². The SMILES string of the molecule is Cc1ccc(S(=O)(=O)NCc2cccc(O)c2)s1. The van der Waals surface area contributed by atoms with Crippen molar-refractivity contribution in [1.29, 1.82) is 0 Å². The molecule has 1 aromatic heterocycles. The Morgan fingerprint density at radius 1 is 1.28 bits per heavy atom. The van der Waals surface area contributed by atoms with Crippen molar-refractivity contribution in [2.45, 2.75) is 17.7 Å². The Morgan fingerprint density at radius 2 is 2.06 bits per heavy atom. The summed E-state index contributed by atoms with van der Waals surface area (Å²) in [5.41, 5.74) is 0.715. The number of aromatic hydroxyl groups is 1. The molecule has 0 spiro atoms. The Bertz CT molecular complexity index is 647. The van der Waals surface area contributed by atoms with Gasteiger partial charge in [-0.1, -0.05) is 12.1 Å². The number of nitrogens with one attached hydrogen (secondary N) is 1. The highest BCUT2D eigenvalue weighted by Crippen LogP contribution is 2.20. The second-order valence-corrected chi connectivity index (χ2v) is 7.14. The quantitative estimate of drug-likeness (QED) is 0.904. The normalized spacial score (nSPS) is 11.6. The van der Waals surface area contributed by atoms with Gasteiger partial charge >= 0.3 is 0 Å². The second-order valence-electron chi connectivity index (χ2n) is 3.86. The van der Waals surface area contributed by atoms with Crippen LogP contribution in [0.2, 0.25) is 0 Å². The van der Waals surface area contributed by atoms with Crippen LogP contribution in [0.5, 0.6) is 5.75 Å². The van der Waals surface area contributed by atoms with Gasteiger partial charge < -0.3 is 5.11 Å². The summed E-state index contributed by atoms with van der Waals surface area (Å²) in [6, 6.07) is 9.86. The van der Waals surface area contributed by atoms with E-state index in [4.69, 9.17) is 0 Å². The summed E-state index contributed by atoms with van der Waals surface area (Å²) in [6.45, 7) is 2.02. The molecule has 1 heterocycles. The molecule has 4 nitrogen and oxygen atoms in total. The molecule has 0 unspecified atom stereocenters. The van der Waals surface area contributed by atoms with E-state index in [2.05, 4.69) is 4.72 Å². The maximum Gasteiger partial charge on any atom is 0.250 e. The van der Waals surface area contributed by atoms with E-state index in [0.717, 1.165) is 4.88 Å². The highest BCUT2D eigenvalue weighted by Gasteiger charge is 2.15. The first-order valence-electron chi connectivity index (χ1n) is 5.31. The van der Waals surface area contributed by atoms with Crippen molar-refractivity contribution in [3.05, 3.63) is 46.8 Å². The fourth-order valence-corrected chi connectivity index (χ4v) is 3.82. The molecular weight excluding hydrogens is 270 g/mol. The zero-order chi connectivity index (χ0) is 13.2. The predicted molar refractivity (Wildman–Crippen MR) is 71.2 cm³/mol. The lowest BCUT2D eigenvalue weighted by molar-refractivity contribution is 0.474. The monoisotopic (exact) mass is 283 g/mol. The highest BCUT2D eigenvalue weighted by molar-refractivity contribution is 7.91. The minimum Gasteiger partial charge on any atom is -0.508 e. The molecule has 0 saturated heterocycles. The molecule has 0 amide bonds. The molecule has 0 aliphatic rings. The predicted octanol–water partition coefficient (Wildman–Crippen LogP) is 2.24. The molecule has 0 radical (unpaired) electrons. The van der Waals surface area contributed by atoms with Crippen LogP contribution in [-0.2, 0) is 16.6 Å². The van der Waals surface area contributed by atoms with Crippen LogP contribution in [0.3, 0.4) is 0 Å². The number of sulfonamides is 1. The zero-order valence-corrected chi connectivity index (χ0v) is 11.4. The molecular formula is C12H13NO3S2. The summed E-state index contributed by atoms with van der Waals surface area (Å²) < 4.78 is 26.7. The lowest BCUT2D eigenvalue weighted by atomic mass is 10.2. The fraction of sp³-hybridized carbons (Fsp3) is 0.167. The lowest BCUT2D eigenvalue weighted by Gasteiger charge is -2.05. The van der Waals surface area contributed by atoms with Gasteiger partial charge in [-0.25, -0.2) is 13.1 Å². The zero-order valence-electron chi connectivity index (χ0n) is 9.75. The minimum absolute atomic E-state index is 0.124. The maximum absolute atomic E-state index is 11.9. The number of rotatable bonds is 4. The first-order chi connectivity index (χ1) is 8.47. The molecule has 0 saturated carbocycles. The topological polar surface area (TPSA) is 66.4 Å². The summed E-state index contributed by atoms with van der Waals surface area (Å²) >= 11 is 1.23. The Labute approximate surface area is 110 Å². The van der Waals surface area contributed by atoms with E-state index >= 15 is 0 Å². The third-order valence-electron chi connectivity index (χ3n) is 2.36. The van der Waals surface area contributed by atoms with Crippen LogP contribution < -0.4 is 4.72 Å². The molecule has 1 aromatic carbocycles. The first kappa shape index (κ1) is 13.1. The van der Waals surface area contributed by atoms with Gasteiger partial charge in [0.15, 0.2) is 0 Å². The minimum atomic E-state index is -3.46. The molecule has 2 aromatic rings. The van der Waals surface area contributed by atoms with Gasteiger partial charge in [0.2, 0.25) is 10.0 Å². The standard InChI is InChI=1S/C12H13NO3S2/c1-9-5-6-12(17-9)18(15,16)13-8-10-3-2-4-11(14)7-10/h2-7,13-14H,8H2,1H3. The van der Waals surface area contributed by atoms with Crippen LogP contribution in [0.15, 0.2) is 40.6 Å². The molecule has 0 atom stereocenters. The van der Waals surface area contributed by atoms with E-state index in [-0.39, 0.29) is 12.3 Å². The molecule has 0 aliphatic carbocycles. The Balaban J connectivity index is 2.10. The third kappa shape index (κ3) is 3.10. The molecule has 2 rings (SSSR count). The summed E-state index contributed by atoms with van der Waals surface area (Å²) in [7, 11) is -3.46. The van der Waals surface area contributed by atoms with Crippen LogP contribution in [0.25, 0.3) is 0 Å². The van der Waals surface area contributed by atoms with Gasteiger partial charge in [-0.3, -0.25) is 0 Å². The summed E-state index contributed by atoms with van der Waals surface area (Å²) in [5.74, 6) is 0.124. The summed E-state index contributed by atoms with van der Waals surface area (Å²) in [4.78, 5) is 0.952. The first-order valence-corrected chi connectivity index (χ1v) is 7.61. The Morgan fingerprint density at radius 3 is 2.67 bits per heavy atom. The third-order valence-corrected chi connectivity index (χ3v) is 5.25.